The molecule has 0 aliphatic rings. The summed E-state index contributed by atoms with van der Waals surface area (Å²) in [5, 5.41) is 0.628. The highest BCUT2D eigenvalue weighted by Crippen LogP contribution is 2.26. The zero-order chi connectivity index (χ0) is 17.4. The van der Waals surface area contributed by atoms with E-state index in [1.165, 1.54) is 22.7 Å². The lowest BCUT2D eigenvalue weighted by molar-refractivity contribution is 0.0522. The number of rotatable bonds is 4. The van der Waals surface area contributed by atoms with Gasteiger partial charge in [-0.15, -0.1) is 22.7 Å². The highest BCUT2D eigenvalue weighted by Gasteiger charge is 2.11. The Labute approximate surface area is 149 Å². The van der Waals surface area contributed by atoms with Crippen molar-refractivity contribution in [1.29, 1.82) is 0 Å². The van der Waals surface area contributed by atoms with Crippen LogP contribution in [0.3, 0.4) is 0 Å². The zero-order valence-corrected chi connectivity index (χ0v) is 15.9. The van der Waals surface area contributed by atoms with Crippen LogP contribution in [-0.4, -0.2) is 25.2 Å². The Morgan fingerprint density at radius 2 is 1.57 bits per heavy atom. The number of hydrogen-bond acceptors (Lipinski definition) is 6. The fourth-order valence-corrected chi connectivity index (χ4v) is 3.37. The van der Waals surface area contributed by atoms with Crippen LogP contribution in [0.4, 0.5) is 0 Å². The molecule has 2 heterocycles. The first-order valence-corrected chi connectivity index (χ1v) is 9.06. The van der Waals surface area contributed by atoms with Gasteiger partial charge >= 0.3 is 11.9 Å². The van der Waals surface area contributed by atoms with Gasteiger partial charge in [-0.25, -0.2) is 9.59 Å². The molecule has 23 heavy (non-hydrogen) atoms. The van der Waals surface area contributed by atoms with Gasteiger partial charge in [-0.05, 0) is 45.9 Å². The van der Waals surface area contributed by atoms with Gasteiger partial charge in [0.1, 0.15) is 9.75 Å². The molecule has 2 aromatic rings. The average Bonchev–Trinajstić information content (AvgIpc) is 3.07. The molecule has 0 bridgehead atoms. The summed E-state index contributed by atoms with van der Waals surface area (Å²) in [6, 6.07) is 5.34. The van der Waals surface area contributed by atoms with Gasteiger partial charge in [0.2, 0.25) is 0 Å². The Morgan fingerprint density at radius 1 is 1.00 bits per heavy atom. The number of hydrogen-bond donors (Lipinski definition) is 0. The normalized spacial score (nSPS) is 9.78. The minimum Gasteiger partial charge on any atom is -0.462 e. The van der Waals surface area contributed by atoms with E-state index in [1.54, 1.807) is 26.0 Å². The second kappa shape index (κ2) is 9.70. The number of halogens is 1. The fourth-order valence-electron chi connectivity index (χ4n) is 1.51. The Bertz CT molecular complexity index is 641. The molecule has 0 aromatic carbocycles. The van der Waals surface area contributed by atoms with E-state index in [0.29, 0.717) is 28.0 Å². The molecular formula is C16H19ClO4S2. The summed E-state index contributed by atoms with van der Waals surface area (Å²) in [7, 11) is 0. The minimum atomic E-state index is -0.294. The lowest BCUT2D eigenvalue weighted by atomic mass is 10.4. The van der Waals surface area contributed by atoms with E-state index in [2.05, 4.69) is 0 Å². The van der Waals surface area contributed by atoms with Gasteiger partial charge < -0.3 is 9.47 Å². The largest absolute Gasteiger partial charge is 0.462 e. The van der Waals surface area contributed by atoms with Gasteiger partial charge in [-0.2, -0.15) is 0 Å². The Morgan fingerprint density at radius 3 is 1.96 bits per heavy atom. The topological polar surface area (TPSA) is 52.6 Å². The summed E-state index contributed by atoms with van der Waals surface area (Å²) >= 11 is 8.59. The van der Waals surface area contributed by atoms with Crippen molar-refractivity contribution in [3.05, 3.63) is 42.7 Å². The van der Waals surface area contributed by atoms with Crippen molar-refractivity contribution in [3.63, 3.8) is 0 Å². The molecule has 0 fully saturated rings. The first kappa shape index (κ1) is 19.7. The third-order valence-corrected chi connectivity index (χ3v) is 5.07. The maximum atomic E-state index is 11.1. The number of carbonyl (C=O) groups is 2. The summed E-state index contributed by atoms with van der Waals surface area (Å²) in [6.07, 6.45) is 0. The van der Waals surface area contributed by atoms with E-state index in [1.807, 2.05) is 19.9 Å². The fraction of sp³-hybridized carbons (Fsp3) is 0.375. The molecule has 0 saturated carbocycles. The molecule has 0 aliphatic heterocycles. The van der Waals surface area contributed by atoms with E-state index in [-0.39, 0.29) is 11.9 Å². The molecule has 7 heteroatoms. The third-order valence-electron chi connectivity index (χ3n) is 2.55. The molecule has 126 valence electrons. The molecule has 0 saturated heterocycles. The minimum absolute atomic E-state index is 0.217. The molecule has 2 aromatic heterocycles. The number of ether oxygens (including phenoxy) is 2. The quantitative estimate of drug-likeness (QED) is 0.697. The predicted octanol–water partition coefficient (Wildman–Crippen LogP) is 5.12. The van der Waals surface area contributed by atoms with Gasteiger partial charge in [0.05, 0.1) is 18.2 Å². The molecule has 0 spiro atoms. The van der Waals surface area contributed by atoms with E-state index < -0.39 is 0 Å². The maximum Gasteiger partial charge on any atom is 0.348 e. The Kier molecular flexibility index (Phi) is 8.30. The van der Waals surface area contributed by atoms with Crippen LogP contribution in [-0.2, 0) is 9.47 Å². The van der Waals surface area contributed by atoms with E-state index in [0.717, 1.165) is 9.75 Å². The molecule has 0 aliphatic carbocycles. The molecule has 0 amide bonds. The van der Waals surface area contributed by atoms with Crippen molar-refractivity contribution in [2.24, 2.45) is 0 Å². The van der Waals surface area contributed by atoms with Crippen LogP contribution in [0.5, 0.6) is 0 Å². The summed E-state index contributed by atoms with van der Waals surface area (Å²) < 4.78 is 9.62. The highest BCUT2D eigenvalue weighted by atomic mass is 35.5. The van der Waals surface area contributed by atoms with Crippen LogP contribution >= 0.6 is 34.3 Å². The summed E-state index contributed by atoms with van der Waals surface area (Å²) in [4.78, 5) is 25.5. The zero-order valence-electron chi connectivity index (χ0n) is 13.5. The molecule has 4 nitrogen and oxygen atoms in total. The van der Waals surface area contributed by atoms with E-state index in [4.69, 9.17) is 21.1 Å². The molecular weight excluding hydrogens is 356 g/mol. The summed E-state index contributed by atoms with van der Waals surface area (Å²) in [5.74, 6) is -0.511. The van der Waals surface area contributed by atoms with Gasteiger partial charge in [0.15, 0.2) is 0 Å². The lowest BCUT2D eigenvalue weighted by Crippen LogP contribution is -2.01. The third kappa shape index (κ3) is 6.33. The standard InChI is InChI=1S/C8H9ClO2S.C8H10O2S/c1-3-11-8(10)7-4-6(9)5(2)12-7;1-3-10-8(9)7-5-4-6(2)11-7/h4H,3H2,1-2H3;4-5H,3H2,1-2H3. The molecule has 2 rings (SSSR count). The number of carbonyl (C=O) groups excluding carboxylic acids is 2. The van der Waals surface area contributed by atoms with Crippen molar-refractivity contribution in [3.8, 4) is 0 Å². The van der Waals surface area contributed by atoms with Gasteiger partial charge in [-0.3, -0.25) is 0 Å². The molecule has 0 radical (unpaired) electrons. The summed E-state index contributed by atoms with van der Waals surface area (Å²) in [5.41, 5.74) is 0. The first-order chi connectivity index (χ1) is 10.9. The van der Waals surface area contributed by atoms with Crippen molar-refractivity contribution in [2.75, 3.05) is 13.2 Å². The van der Waals surface area contributed by atoms with Crippen molar-refractivity contribution >= 4 is 46.2 Å². The second-order valence-corrected chi connectivity index (χ2v) is 7.32. The van der Waals surface area contributed by atoms with E-state index in [9.17, 15) is 9.59 Å². The predicted molar refractivity (Wildman–Crippen MR) is 95.0 cm³/mol. The van der Waals surface area contributed by atoms with Gasteiger partial charge in [0.25, 0.3) is 0 Å². The number of aryl methyl sites for hydroxylation is 2. The maximum absolute atomic E-state index is 11.1. The lowest BCUT2D eigenvalue weighted by Gasteiger charge is -1.95. The van der Waals surface area contributed by atoms with E-state index >= 15 is 0 Å². The smallest absolute Gasteiger partial charge is 0.348 e. The summed E-state index contributed by atoms with van der Waals surface area (Å²) in [6.45, 7) is 8.25. The van der Waals surface area contributed by atoms with Crippen LogP contribution in [0.2, 0.25) is 5.02 Å². The van der Waals surface area contributed by atoms with Crippen molar-refractivity contribution < 1.29 is 19.1 Å². The Balaban J connectivity index is 0.000000231. The number of thiophene rings is 2. The molecule has 0 atom stereocenters. The number of esters is 2. The van der Waals surface area contributed by atoms with Crippen molar-refractivity contribution in [1.82, 2.24) is 0 Å². The van der Waals surface area contributed by atoms with Crippen LogP contribution in [0.25, 0.3) is 0 Å². The van der Waals surface area contributed by atoms with Gasteiger partial charge in [-0.1, -0.05) is 11.6 Å². The second-order valence-electron chi connectivity index (χ2n) is 4.37. The van der Waals surface area contributed by atoms with Gasteiger partial charge in [0, 0.05) is 9.75 Å². The van der Waals surface area contributed by atoms with Crippen LogP contribution in [0.1, 0.15) is 42.9 Å². The van der Waals surface area contributed by atoms with Crippen LogP contribution in [0, 0.1) is 13.8 Å². The van der Waals surface area contributed by atoms with Crippen molar-refractivity contribution in [2.45, 2.75) is 27.7 Å². The Hall–Kier alpha value is -1.37. The monoisotopic (exact) mass is 374 g/mol. The van der Waals surface area contributed by atoms with Crippen LogP contribution < -0.4 is 0 Å². The van der Waals surface area contributed by atoms with Crippen LogP contribution in [0.15, 0.2) is 18.2 Å². The average molecular weight is 375 g/mol. The first-order valence-electron chi connectivity index (χ1n) is 7.05. The highest BCUT2D eigenvalue weighted by molar-refractivity contribution is 7.14. The molecule has 0 N–H and O–H groups in total. The SMILES string of the molecule is CCOC(=O)c1cc(Cl)c(C)s1.CCOC(=O)c1ccc(C)s1. The molecule has 0 unspecified atom stereocenters.